The van der Waals surface area contributed by atoms with Crippen LogP contribution in [0.2, 0.25) is 0 Å². The van der Waals surface area contributed by atoms with Crippen molar-refractivity contribution in [2.24, 2.45) is 0 Å². The van der Waals surface area contributed by atoms with Crippen LogP contribution in [0.3, 0.4) is 0 Å². The number of carbonyl (C=O) groups excluding carboxylic acids is 1. The van der Waals surface area contributed by atoms with Gasteiger partial charge in [-0.25, -0.2) is 0 Å². The normalized spacial score (nSPS) is 11.5. The zero-order chi connectivity index (χ0) is 18.3. The molecule has 25 heavy (non-hydrogen) atoms. The lowest BCUT2D eigenvalue weighted by atomic mass is 10.0. The highest BCUT2D eigenvalue weighted by Crippen LogP contribution is 2.34. The minimum atomic E-state index is -1.96. The number of ketones is 1. The molecule has 134 valence electrons. The van der Waals surface area contributed by atoms with Crippen molar-refractivity contribution in [1.29, 1.82) is 0 Å². The first-order valence-electron chi connectivity index (χ1n) is 8.40. The van der Waals surface area contributed by atoms with Gasteiger partial charge in [-0.3, -0.25) is 4.79 Å². The molecule has 0 saturated heterocycles. The van der Waals surface area contributed by atoms with Crippen LogP contribution in [0.15, 0.2) is 54.6 Å². The maximum atomic E-state index is 12.3. The van der Waals surface area contributed by atoms with E-state index in [1.165, 1.54) is 0 Å². The Bertz CT molecular complexity index is 722. The lowest BCUT2D eigenvalue weighted by molar-refractivity contribution is 0.103. The molecular formula is C20H26NO3P. The summed E-state index contributed by atoms with van der Waals surface area (Å²) in [6.45, 7) is 5.76. The largest absolute Gasteiger partial charge is 0.492 e. The van der Waals surface area contributed by atoms with Crippen molar-refractivity contribution in [3.63, 3.8) is 0 Å². The summed E-state index contributed by atoms with van der Waals surface area (Å²) in [7, 11) is 0.0360. The third-order valence-electron chi connectivity index (χ3n) is 3.91. The number of rotatable bonds is 9. The van der Waals surface area contributed by atoms with E-state index in [-0.39, 0.29) is 5.78 Å². The third kappa shape index (κ3) is 6.85. The number of ether oxygens (including phenoxy) is 1. The van der Waals surface area contributed by atoms with E-state index in [4.69, 9.17) is 4.74 Å². The van der Waals surface area contributed by atoms with Crippen molar-refractivity contribution in [2.75, 3.05) is 46.2 Å². The Kier molecular flexibility index (Phi) is 6.98. The van der Waals surface area contributed by atoms with E-state index >= 15 is 0 Å². The molecule has 0 amide bonds. The van der Waals surface area contributed by atoms with Gasteiger partial charge in [-0.05, 0) is 44.6 Å². The molecule has 0 atom stereocenters. The van der Waals surface area contributed by atoms with Crippen LogP contribution in [-0.4, -0.2) is 56.9 Å². The standard InChI is InChI=1S/C20H26NO3P/c1-21(14-16-25(2,3)23)13-15-24-19-11-9-18(10-12-19)20(22)17-7-5-4-6-8-17/h4-12H,13-16H2,1-3H3. The van der Waals surface area contributed by atoms with Gasteiger partial charge in [0.1, 0.15) is 12.4 Å². The van der Waals surface area contributed by atoms with Crippen LogP contribution in [0.4, 0.5) is 0 Å². The van der Waals surface area contributed by atoms with Crippen LogP contribution < -0.4 is 4.74 Å². The summed E-state index contributed by atoms with van der Waals surface area (Å²) in [6, 6.07) is 16.5. The summed E-state index contributed by atoms with van der Waals surface area (Å²) < 4.78 is 17.4. The second-order valence-corrected chi connectivity index (χ2v) is 10.3. The lowest BCUT2D eigenvalue weighted by Gasteiger charge is -2.18. The molecule has 2 aromatic rings. The third-order valence-corrected chi connectivity index (χ3v) is 5.19. The van der Waals surface area contributed by atoms with Crippen LogP contribution in [-0.2, 0) is 4.57 Å². The summed E-state index contributed by atoms with van der Waals surface area (Å²) in [4.78, 5) is 14.5. The van der Waals surface area contributed by atoms with Crippen LogP contribution in [0, 0.1) is 0 Å². The first kappa shape index (κ1) is 19.4. The fourth-order valence-electron chi connectivity index (χ4n) is 2.30. The number of hydrogen-bond donors (Lipinski definition) is 0. The van der Waals surface area contributed by atoms with E-state index in [0.717, 1.165) is 25.0 Å². The van der Waals surface area contributed by atoms with Crippen molar-refractivity contribution in [1.82, 2.24) is 4.90 Å². The molecule has 0 heterocycles. The van der Waals surface area contributed by atoms with Crippen LogP contribution in [0.25, 0.3) is 0 Å². The monoisotopic (exact) mass is 359 g/mol. The minimum absolute atomic E-state index is 0.00967. The molecule has 0 spiro atoms. The van der Waals surface area contributed by atoms with Gasteiger partial charge in [0.25, 0.3) is 0 Å². The Labute approximate surface area is 150 Å². The number of hydrogen-bond acceptors (Lipinski definition) is 4. The fraction of sp³-hybridized carbons (Fsp3) is 0.350. The molecule has 0 aliphatic carbocycles. The van der Waals surface area contributed by atoms with Crippen LogP contribution >= 0.6 is 7.14 Å². The molecule has 0 radical (unpaired) electrons. The summed E-state index contributed by atoms with van der Waals surface area (Å²) in [5.74, 6) is 0.755. The van der Waals surface area contributed by atoms with E-state index in [9.17, 15) is 9.36 Å². The summed E-state index contributed by atoms with van der Waals surface area (Å²) in [6.07, 6.45) is 0.722. The molecule has 5 heteroatoms. The van der Waals surface area contributed by atoms with E-state index in [2.05, 4.69) is 4.90 Å². The van der Waals surface area contributed by atoms with Crippen LogP contribution in [0.5, 0.6) is 5.75 Å². The quantitative estimate of drug-likeness (QED) is 0.504. The summed E-state index contributed by atoms with van der Waals surface area (Å²) in [5.41, 5.74) is 1.33. The van der Waals surface area contributed by atoms with Crippen molar-refractivity contribution >= 4 is 12.9 Å². The molecule has 4 nitrogen and oxygen atoms in total. The highest BCUT2D eigenvalue weighted by Gasteiger charge is 2.10. The van der Waals surface area contributed by atoms with E-state index in [1.807, 2.05) is 62.8 Å². The number of nitrogens with zero attached hydrogens (tertiary/aromatic N) is 1. The Morgan fingerprint density at radius 2 is 1.56 bits per heavy atom. The molecule has 0 saturated carbocycles. The Balaban J connectivity index is 1.81. The molecule has 0 unspecified atom stereocenters. The van der Waals surface area contributed by atoms with Gasteiger partial charge in [-0.1, -0.05) is 30.3 Å². The van der Waals surface area contributed by atoms with Crippen LogP contribution in [0.1, 0.15) is 15.9 Å². The van der Waals surface area contributed by atoms with Gasteiger partial charge >= 0.3 is 0 Å². The highest BCUT2D eigenvalue weighted by molar-refractivity contribution is 7.62. The topological polar surface area (TPSA) is 46.6 Å². The van der Waals surface area contributed by atoms with E-state index in [0.29, 0.717) is 17.7 Å². The first-order chi connectivity index (χ1) is 11.8. The Morgan fingerprint density at radius 3 is 2.16 bits per heavy atom. The molecule has 0 aromatic heterocycles. The molecular weight excluding hydrogens is 333 g/mol. The van der Waals surface area contributed by atoms with Gasteiger partial charge in [0.05, 0.1) is 7.14 Å². The second-order valence-electron chi connectivity index (χ2n) is 6.67. The van der Waals surface area contributed by atoms with Crippen molar-refractivity contribution < 1.29 is 14.1 Å². The maximum Gasteiger partial charge on any atom is 0.193 e. The minimum Gasteiger partial charge on any atom is -0.492 e. The summed E-state index contributed by atoms with van der Waals surface area (Å²) in [5, 5.41) is 0. The van der Waals surface area contributed by atoms with Crippen molar-refractivity contribution in [3.8, 4) is 5.75 Å². The molecule has 2 aromatic carbocycles. The van der Waals surface area contributed by atoms with Gasteiger partial charge < -0.3 is 14.2 Å². The Morgan fingerprint density at radius 1 is 0.960 bits per heavy atom. The number of carbonyl (C=O) groups is 1. The van der Waals surface area contributed by atoms with Gasteiger partial charge in [0.2, 0.25) is 0 Å². The average Bonchev–Trinajstić information content (AvgIpc) is 2.60. The summed E-state index contributed by atoms with van der Waals surface area (Å²) >= 11 is 0. The zero-order valence-electron chi connectivity index (χ0n) is 15.1. The average molecular weight is 359 g/mol. The molecule has 0 fully saturated rings. The van der Waals surface area contributed by atoms with Crippen molar-refractivity contribution in [3.05, 3.63) is 65.7 Å². The van der Waals surface area contributed by atoms with Gasteiger partial charge in [-0.2, -0.15) is 0 Å². The molecule has 0 bridgehead atoms. The first-order valence-corrected chi connectivity index (χ1v) is 11.2. The molecule has 0 aliphatic rings. The number of benzene rings is 2. The van der Waals surface area contributed by atoms with E-state index in [1.54, 1.807) is 12.1 Å². The van der Waals surface area contributed by atoms with Gasteiger partial charge in [0, 0.05) is 30.4 Å². The van der Waals surface area contributed by atoms with Gasteiger partial charge in [-0.15, -0.1) is 0 Å². The Hall–Kier alpha value is -1.90. The molecule has 2 rings (SSSR count). The van der Waals surface area contributed by atoms with Crippen molar-refractivity contribution in [2.45, 2.75) is 0 Å². The lowest BCUT2D eigenvalue weighted by Crippen LogP contribution is -2.27. The number of likely N-dealkylation sites (N-methyl/N-ethyl adjacent to an activating group) is 1. The molecule has 0 N–H and O–H groups in total. The zero-order valence-corrected chi connectivity index (χ0v) is 16.0. The predicted octanol–water partition coefficient (Wildman–Crippen LogP) is 3.85. The SMILES string of the molecule is CN(CCOc1ccc(C(=O)c2ccccc2)cc1)CCP(C)(C)=O. The predicted molar refractivity (Wildman–Crippen MR) is 104 cm³/mol. The maximum absolute atomic E-state index is 12.3. The highest BCUT2D eigenvalue weighted by atomic mass is 31.2. The van der Waals surface area contributed by atoms with E-state index < -0.39 is 7.14 Å². The smallest absolute Gasteiger partial charge is 0.193 e. The fourth-order valence-corrected chi connectivity index (χ4v) is 3.12. The second kappa shape index (κ2) is 8.98. The molecule has 0 aliphatic heterocycles. The van der Waals surface area contributed by atoms with Gasteiger partial charge in [0.15, 0.2) is 5.78 Å².